The van der Waals surface area contributed by atoms with Crippen LogP contribution in [0, 0.1) is 5.92 Å². The Bertz CT molecular complexity index is 427. The summed E-state index contributed by atoms with van der Waals surface area (Å²) >= 11 is 0. The zero-order valence-corrected chi connectivity index (χ0v) is 9.18. The molecule has 1 saturated carbocycles. The van der Waals surface area contributed by atoms with Crippen molar-refractivity contribution in [3.05, 3.63) is 29.8 Å². The van der Waals surface area contributed by atoms with Crippen molar-refractivity contribution in [2.45, 2.75) is 24.9 Å². The molecule has 1 aromatic rings. The van der Waals surface area contributed by atoms with Gasteiger partial charge in [0, 0.05) is 11.5 Å². The molecule has 1 heterocycles. The third-order valence-electron chi connectivity index (χ3n) is 3.64. The van der Waals surface area contributed by atoms with Crippen LogP contribution in [0.2, 0.25) is 0 Å². The Morgan fingerprint density at radius 2 is 2.19 bits per heavy atom. The fourth-order valence-electron chi connectivity index (χ4n) is 2.87. The molecule has 3 unspecified atom stereocenters. The van der Waals surface area contributed by atoms with Crippen LogP contribution in [0.4, 0.5) is 0 Å². The van der Waals surface area contributed by atoms with Crippen LogP contribution in [-0.2, 0) is 9.53 Å². The molecular formula is C13H14O3. The normalized spacial score (nSPS) is 30.4. The first-order chi connectivity index (χ1) is 7.79. The van der Waals surface area contributed by atoms with Crippen molar-refractivity contribution >= 4 is 5.97 Å². The molecule has 0 aromatic heterocycles. The van der Waals surface area contributed by atoms with Crippen LogP contribution < -0.4 is 4.74 Å². The standard InChI is InChI=1S/C13H14O3/c1-15-13(14)8-6-10-9-4-2-3-5-11(9)16-12(10)7-8/h2-5,8,10,12H,6-7H2,1H3. The van der Waals surface area contributed by atoms with Crippen molar-refractivity contribution in [3.8, 4) is 5.75 Å². The van der Waals surface area contributed by atoms with E-state index in [4.69, 9.17) is 9.47 Å². The molecule has 1 aliphatic carbocycles. The topological polar surface area (TPSA) is 35.5 Å². The van der Waals surface area contributed by atoms with E-state index in [1.807, 2.05) is 18.2 Å². The molecule has 3 heteroatoms. The SMILES string of the molecule is COC(=O)C1CC2Oc3ccccc3C2C1. The number of para-hydroxylation sites is 1. The average Bonchev–Trinajstić information content (AvgIpc) is 2.85. The summed E-state index contributed by atoms with van der Waals surface area (Å²) in [6, 6.07) is 8.11. The van der Waals surface area contributed by atoms with Crippen molar-refractivity contribution in [1.29, 1.82) is 0 Å². The Labute approximate surface area is 94.4 Å². The second kappa shape index (κ2) is 3.51. The van der Waals surface area contributed by atoms with E-state index in [0.29, 0.717) is 5.92 Å². The molecule has 0 saturated heterocycles. The smallest absolute Gasteiger partial charge is 0.308 e. The van der Waals surface area contributed by atoms with Crippen LogP contribution in [0.5, 0.6) is 5.75 Å². The van der Waals surface area contributed by atoms with Crippen molar-refractivity contribution in [2.24, 2.45) is 5.92 Å². The lowest BCUT2D eigenvalue weighted by atomic mass is 9.96. The van der Waals surface area contributed by atoms with E-state index in [0.717, 1.165) is 18.6 Å². The van der Waals surface area contributed by atoms with Crippen LogP contribution in [0.3, 0.4) is 0 Å². The zero-order valence-electron chi connectivity index (χ0n) is 9.18. The lowest BCUT2D eigenvalue weighted by Crippen LogP contribution is -2.16. The molecule has 0 spiro atoms. The molecule has 0 bridgehead atoms. The van der Waals surface area contributed by atoms with E-state index in [-0.39, 0.29) is 18.0 Å². The van der Waals surface area contributed by atoms with E-state index >= 15 is 0 Å². The maximum Gasteiger partial charge on any atom is 0.308 e. The van der Waals surface area contributed by atoms with Crippen LogP contribution >= 0.6 is 0 Å². The largest absolute Gasteiger partial charge is 0.489 e. The van der Waals surface area contributed by atoms with E-state index in [1.165, 1.54) is 12.7 Å². The van der Waals surface area contributed by atoms with Gasteiger partial charge in [-0.1, -0.05) is 18.2 Å². The molecule has 0 radical (unpaired) electrons. The van der Waals surface area contributed by atoms with Gasteiger partial charge in [-0.2, -0.15) is 0 Å². The van der Waals surface area contributed by atoms with Gasteiger partial charge in [-0.25, -0.2) is 0 Å². The number of carbonyl (C=O) groups is 1. The lowest BCUT2D eigenvalue weighted by molar-refractivity contribution is -0.145. The van der Waals surface area contributed by atoms with Crippen LogP contribution in [-0.4, -0.2) is 19.2 Å². The second-order valence-electron chi connectivity index (χ2n) is 4.49. The first-order valence-electron chi connectivity index (χ1n) is 5.63. The second-order valence-corrected chi connectivity index (χ2v) is 4.49. The van der Waals surface area contributed by atoms with Gasteiger partial charge in [0.05, 0.1) is 13.0 Å². The number of ether oxygens (including phenoxy) is 2. The van der Waals surface area contributed by atoms with Gasteiger partial charge >= 0.3 is 5.97 Å². The first-order valence-corrected chi connectivity index (χ1v) is 5.63. The third-order valence-corrected chi connectivity index (χ3v) is 3.64. The fraction of sp³-hybridized carbons (Fsp3) is 0.462. The van der Waals surface area contributed by atoms with Gasteiger partial charge in [-0.05, 0) is 18.9 Å². The highest BCUT2D eigenvalue weighted by Crippen LogP contribution is 2.49. The molecule has 2 aliphatic rings. The molecule has 0 amide bonds. The maximum absolute atomic E-state index is 11.5. The van der Waals surface area contributed by atoms with Crippen LogP contribution in [0.1, 0.15) is 24.3 Å². The number of rotatable bonds is 1. The zero-order chi connectivity index (χ0) is 11.1. The number of carbonyl (C=O) groups excluding carboxylic acids is 1. The van der Waals surface area contributed by atoms with E-state index < -0.39 is 0 Å². The quantitative estimate of drug-likeness (QED) is 0.677. The molecule has 3 atom stereocenters. The van der Waals surface area contributed by atoms with Crippen molar-refractivity contribution in [2.75, 3.05) is 7.11 Å². The molecule has 1 fully saturated rings. The Morgan fingerprint density at radius 1 is 1.38 bits per heavy atom. The Kier molecular flexibility index (Phi) is 2.13. The van der Waals surface area contributed by atoms with E-state index in [2.05, 4.69) is 6.07 Å². The monoisotopic (exact) mass is 218 g/mol. The van der Waals surface area contributed by atoms with Gasteiger partial charge in [0.15, 0.2) is 0 Å². The van der Waals surface area contributed by atoms with Crippen molar-refractivity contribution < 1.29 is 14.3 Å². The van der Waals surface area contributed by atoms with Gasteiger partial charge in [-0.15, -0.1) is 0 Å². The summed E-state index contributed by atoms with van der Waals surface area (Å²) in [6.07, 6.45) is 1.81. The summed E-state index contributed by atoms with van der Waals surface area (Å²) in [6.45, 7) is 0. The molecule has 1 aromatic carbocycles. The highest BCUT2D eigenvalue weighted by atomic mass is 16.5. The summed E-state index contributed by atoms with van der Waals surface area (Å²) in [5, 5.41) is 0. The Balaban J connectivity index is 1.84. The minimum atomic E-state index is -0.101. The molecular weight excluding hydrogens is 204 g/mol. The van der Waals surface area contributed by atoms with Crippen molar-refractivity contribution in [1.82, 2.24) is 0 Å². The molecule has 3 nitrogen and oxygen atoms in total. The van der Waals surface area contributed by atoms with Gasteiger partial charge < -0.3 is 9.47 Å². The summed E-state index contributed by atoms with van der Waals surface area (Å²) in [5.74, 6) is 1.27. The summed E-state index contributed by atoms with van der Waals surface area (Å²) in [4.78, 5) is 11.5. The summed E-state index contributed by atoms with van der Waals surface area (Å²) < 4.78 is 10.6. The molecule has 16 heavy (non-hydrogen) atoms. The Hall–Kier alpha value is -1.51. The molecule has 0 N–H and O–H groups in total. The lowest BCUT2D eigenvalue weighted by Gasteiger charge is -2.09. The number of fused-ring (bicyclic) bond motifs is 3. The maximum atomic E-state index is 11.5. The highest BCUT2D eigenvalue weighted by molar-refractivity contribution is 5.73. The number of esters is 1. The predicted molar refractivity (Wildman–Crippen MR) is 58.3 cm³/mol. The predicted octanol–water partition coefficient (Wildman–Crippen LogP) is 2.11. The summed E-state index contributed by atoms with van der Waals surface area (Å²) in [7, 11) is 1.45. The number of benzene rings is 1. The minimum absolute atomic E-state index is 0.00774. The highest BCUT2D eigenvalue weighted by Gasteiger charge is 2.45. The first kappa shape index (κ1) is 9.70. The number of hydrogen-bond acceptors (Lipinski definition) is 3. The summed E-state index contributed by atoms with van der Waals surface area (Å²) in [5.41, 5.74) is 1.25. The van der Waals surface area contributed by atoms with E-state index in [9.17, 15) is 4.79 Å². The molecule has 1 aliphatic heterocycles. The third kappa shape index (κ3) is 1.31. The van der Waals surface area contributed by atoms with Crippen LogP contribution in [0.25, 0.3) is 0 Å². The fourth-order valence-corrected chi connectivity index (χ4v) is 2.87. The van der Waals surface area contributed by atoms with E-state index in [1.54, 1.807) is 0 Å². The van der Waals surface area contributed by atoms with Gasteiger partial charge in [0.25, 0.3) is 0 Å². The van der Waals surface area contributed by atoms with Crippen molar-refractivity contribution in [3.63, 3.8) is 0 Å². The number of methoxy groups -OCH3 is 1. The van der Waals surface area contributed by atoms with Crippen LogP contribution in [0.15, 0.2) is 24.3 Å². The van der Waals surface area contributed by atoms with Gasteiger partial charge in [-0.3, -0.25) is 4.79 Å². The average molecular weight is 218 g/mol. The van der Waals surface area contributed by atoms with Gasteiger partial charge in [0.1, 0.15) is 11.9 Å². The minimum Gasteiger partial charge on any atom is -0.489 e. The van der Waals surface area contributed by atoms with Gasteiger partial charge in [0.2, 0.25) is 0 Å². The molecule has 84 valence electrons. The Morgan fingerprint density at radius 3 is 3.00 bits per heavy atom. The number of hydrogen-bond donors (Lipinski definition) is 0. The molecule has 3 rings (SSSR count).